The number of aromatic nitrogens is 2. The molecule has 0 amide bonds. The van der Waals surface area contributed by atoms with Crippen LogP contribution in [0, 0.1) is 0 Å². The molecule has 3 heterocycles. The number of ether oxygens (including phenoxy) is 4. The fourth-order valence-electron chi connectivity index (χ4n) is 4.64. The number of rotatable bonds is 4. The quantitative estimate of drug-likeness (QED) is 0.776. The predicted octanol–water partition coefficient (Wildman–Crippen LogP) is 4.31. The maximum atomic E-state index is 13.1. The first-order chi connectivity index (χ1) is 14.6. The SMILES string of the molecule is COc1c([C@@H]2SC(C)=Nc3c2c(=O)[nH]n3C2CCCCC2)cc2c(c1OC)OCO2. The van der Waals surface area contributed by atoms with Crippen LogP contribution < -0.4 is 24.5 Å². The van der Waals surface area contributed by atoms with Crippen molar-refractivity contribution in [3.63, 3.8) is 0 Å². The second-order valence-electron chi connectivity index (χ2n) is 7.73. The van der Waals surface area contributed by atoms with E-state index in [2.05, 4.69) is 5.10 Å². The molecule has 1 aromatic carbocycles. The molecule has 160 valence electrons. The normalized spacial score (nSPS) is 20.6. The molecule has 1 atom stereocenters. The number of nitrogens with one attached hydrogen (secondary N) is 1. The van der Waals surface area contributed by atoms with Crippen LogP contribution in [0.3, 0.4) is 0 Å². The first-order valence-electron chi connectivity index (χ1n) is 10.2. The molecule has 0 saturated heterocycles. The zero-order chi connectivity index (χ0) is 20.8. The Bertz CT molecular complexity index is 1070. The van der Waals surface area contributed by atoms with E-state index in [0.29, 0.717) is 28.6 Å². The van der Waals surface area contributed by atoms with Crippen LogP contribution in [0.2, 0.25) is 0 Å². The molecule has 1 saturated carbocycles. The monoisotopic (exact) mass is 431 g/mol. The molecule has 1 fully saturated rings. The average Bonchev–Trinajstić information content (AvgIpc) is 3.36. The fraction of sp³-hybridized carbons (Fsp3) is 0.524. The summed E-state index contributed by atoms with van der Waals surface area (Å²) in [4.78, 5) is 17.9. The molecular weight excluding hydrogens is 406 g/mol. The Morgan fingerprint density at radius 3 is 2.67 bits per heavy atom. The lowest BCUT2D eigenvalue weighted by molar-refractivity contribution is 0.170. The molecule has 0 radical (unpaired) electrons. The second-order valence-corrected chi connectivity index (χ2v) is 9.03. The number of H-pyrrole nitrogens is 1. The van der Waals surface area contributed by atoms with E-state index in [1.54, 1.807) is 14.2 Å². The van der Waals surface area contributed by atoms with E-state index >= 15 is 0 Å². The molecule has 1 aromatic heterocycles. The lowest BCUT2D eigenvalue weighted by Crippen LogP contribution is -2.16. The maximum Gasteiger partial charge on any atom is 0.271 e. The summed E-state index contributed by atoms with van der Waals surface area (Å²) in [6.45, 7) is 2.10. The number of methoxy groups -OCH3 is 2. The van der Waals surface area contributed by atoms with Crippen molar-refractivity contribution in [1.82, 2.24) is 9.78 Å². The molecule has 0 spiro atoms. The van der Waals surface area contributed by atoms with Gasteiger partial charge in [-0.05, 0) is 25.8 Å². The van der Waals surface area contributed by atoms with Gasteiger partial charge >= 0.3 is 0 Å². The van der Waals surface area contributed by atoms with Gasteiger partial charge in [-0.1, -0.05) is 31.0 Å². The number of aliphatic imine (C=N–C) groups is 1. The summed E-state index contributed by atoms with van der Waals surface area (Å²) in [6.07, 6.45) is 5.72. The third-order valence-corrected chi connectivity index (χ3v) is 7.14. The molecule has 0 bridgehead atoms. The number of fused-ring (bicyclic) bond motifs is 2. The van der Waals surface area contributed by atoms with E-state index in [0.717, 1.165) is 29.3 Å². The van der Waals surface area contributed by atoms with Crippen LogP contribution in [0.4, 0.5) is 5.82 Å². The average molecular weight is 432 g/mol. The molecule has 8 nitrogen and oxygen atoms in total. The van der Waals surface area contributed by atoms with Crippen LogP contribution in [0.15, 0.2) is 15.9 Å². The van der Waals surface area contributed by atoms with Gasteiger partial charge < -0.3 is 18.9 Å². The van der Waals surface area contributed by atoms with Gasteiger partial charge in [-0.2, -0.15) is 0 Å². The number of aromatic amines is 1. The van der Waals surface area contributed by atoms with Crippen molar-refractivity contribution in [2.75, 3.05) is 21.0 Å². The van der Waals surface area contributed by atoms with Gasteiger partial charge in [0.05, 0.1) is 36.1 Å². The highest BCUT2D eigenvalue weighted by molar-refractivity contribution is 8.14. The molecular formula is C21H25N3O5S. The van der Waals surface area contributed by atoms with Crippen LogP contribution in [0.25, 0.3) is 0 Å². The summed E-state index contributed by atoms with van der Waals surface area (Å²) in [5, 5.41) is 3.69. The van der Waals surface area contributed by atoms with E-state index in [1.807, 2.05) is 17.7 Å². The number of thioether (sulfide) groups is 1. The van der Waals surface area contributed by atoms with E-state index in [4.69, 9.17) is 23.9 Å². The number of hydrogen-bond acceptors (Lipinski definition) is 7. The Hall–Kier alpha value is -2.55. The minimum atomic E-state index is -0.288. The molecule has 30 heavy (non-hydrogen) atoms. The molecule has 9 heteroatoms. The van der Waals surface area contributed by atoms with Crippen molar-refractivity contribution in [2.24, 2.45) is 4.99 Å². The highest BCUT2D eigenvalue weighted by Crippen LogP contribution is 2.55. The zero-order valence-corrected chi connectivity index (χ0v) is 18.1. The summed E-state index contributed by atoms with van der Waals surface area (Å²) in [5.74, 6) is 2.87. The first-order valence-corrected chi connectivity index (χ1v) is 11.1. The van der Waals surface area contributed by atoms with Crippen molar-refractivity contribution in [3.05, 3.63) is 27.5 Å². The molecule has 3 aliphatic rings. The van der Waals surface area contributed by atoms with Gasteiger partial charge in [-0.3, -0.25) is 14.6 Å². The predicted molar refractivity (Wildman–Crippen MR) is 115 cm³/mol. The third-order valence-electron chi connectivity index (χ3n) is 5.98. The van der Waals surface area contributed by atoms with Crippen molar-refractivity contribution in [2.45, 2.75) is 50.3 Å². The highest BCUT2D eigenvalue weighted by atomic mass is 32.2. The van der Waals surface area contributed by atoms with Gasteiger partial charge in [0.25, 0.3) is 5.56 Å². The van der Waals surface area contributed by atoms with Crippen molar-refractivity contribution in [3.8, 4) is 23.0 Å². The lowest BCUT2D eigenvalue weighted by atomic mass is 9.95. The molecule has 2 aromatic rings. The van der Waals surface area contributed by atoms with Crippen molar-refractivity contribution < 1.29 is 18.9 Å². The summed E-state index contributed by atoms with van der Waals surface area (Å²) in [7, 11) is 3.17. The minimum Gasteiger partial charge on any atom is -0.492 e. The van der Waals surface area contributed by atoms with Crippen LogP contribution >= 0.6 is 11.8 Å². The zero-order valence-electron chi connectivity index (χ0n) is 17.3. The van der Waals surface area contributed by atoms with Crippen molar-refractivity contribution >= 4 is 22.6 Å². The molecule has 5 rings (SSSR count). The molecule has 1 aliphatic carbocycles. The lowest BCUT2D eigenvalue weighted by Gasteiger charge is -2.27. The van der Waals surface area contributed by atoms with E-state index in [-0.39, 0.29) is 23.6 Å². The Morgan fingerprint density at radius 2 is 1.93 bits per heavy atom. The fourth-order valence-corrected chi connectivity index (χ4v) is 5.75. The van der Waals surface area contributed by atoms with Gasteiger partial charge in [0.1, 0.15) is 0 Å². The Kier molecular flexibility index (Phi) is 4.92. The smallest absolute Gasteiger partial charge is 0.271 e. The minimum absolute atomic E-state index is 0.108. The van der Waals surface area contributed by atoms with Crippen LogP contribution in [0.5, 0.6) is 23.0 Å². The van der Waals surface area contributed by atoms with Gasteiger partial charge in [0.15, 0.2) is 17.3 Å². The largest absolute Gasteiger partial charge is 0.492 e. The van der Waals surface area contributed by atoms with Crippen LogP contribution in [-0.2, 0) is 0 Å². The summed E-state index contributed by atoms with van der Waals surface area (Å²) < 4.78 is 24.5. The van der Waals surface area contributed by atoms with Gasteiger partial charge in [0.2, 0.25) is 18.3 Å². The Labute approximate surface area is 178 Å². The molecule has 1 N–H and O–H groups in total. The van der Waals surface area contributed by atoms with Crippen molar-refractivity contribution in [1.29, 1.82) is 0 Å². The van der Waals surface area contributed by atoms with E-state index in [9.17, 15) is 4.79 Å². The number of nitrogens with zero attached hydrogens (tertiary/aromatic N) is 2. The van der Waals surface area contributed by atoms with Gasteiger partial charge in [0, 0.05) is 5.56 Å². The molecule has 2 aliphatic heterocycles. The van der Waals surface area contributed by atoms with E-state index in [1.165, 1.54) is 31.0 Å². The Balaban J connectivity index is 1.68. The number of hydrogen-bond donors (Lipinski definition) is 1. The van der Waals surface area contributed by atoms with Crippen LogP contribution in [0.1, 0.15) is 61.4 Å². The first kappa shape index (κ1) is 19.4. The third kappa shape index (κ3) is 2.98. The standard InChI is InChI=1S/C21H25N3O5S/c1-11-22-20-15(21(25)23-24(20)12-7-5-4-6-8-12)19(30-11)13-9-14-17(29-10-28-14)18(27-3)16(13)26-2/h9,12,19H,4-8,10H2,1-3H3,(H,23,25)/t19-/m0/s1. The molecule has 0 unspecified atom stereocenters. The maximum absolute atomic E-state index is 13.1. The topological polar surface area (TPSA) is 87.1 Å². The van der Waals surface area contributed by atoms with E-state index < -0.39 is 0 Å². The van der Waals surface area contributed by atoms with Gasteiger partial charge in [-0.15, -0.1) is 0 Å². The highest BCUT2D eigenvalue weighted by Gasteiger charge is 2.37. The van der Waals surface area contributed by atoms with Crippen LogP contribution in [-0.4, -0.2) is 35.8 Å². The van der Waals surface area contributed by atoms with Gasteiger partial charge in [-0.25, -0.2) is 4.99 Å². The summed E-state index contributed by atoms with van der Waals surface area (Å²) in [5.41, 5.74) is 1.35. The second kappa shape index (κ2) is 7.61. The summed E-state index contributed by atoms with van der Waals surface area (Å²) >= 11 is 1.54. The Morgan fingerprint density at radius 1 is 1.17 bits per heavy atom. The summed E-state index contributed by atoms with van der Waals surface area (Å²) in [6, 6.07) is 2.17. The number of benzene rings is 1.